The average Bonchev–Trinajstić information content (AvgIpc) is 2.70. The van der Waals surface area contributed by atoms with Crippen LogP contribution in [0.1, 0.15) is 23.7 Å². The number of nitrogens with one attached hydrogen (secondary N) is 1. The van der Waals surface area contributed by atoms with E-state index in [4.69, 9.17) is 0 Å². The van der Waals surface area contributed by atoms with Gasteiger partial charge in [-0.25, -0.2) is 0 Å². The number of aromatic nitrogens is 1. The maximum Gasteiger partial charge on any atom is 0.259 e. The van der Waals surface area contributed by atoms with E-state index in [1.165, 1.54) is 18.5 Å². The van der Waals surface area contributed by atoms with Crippen molar-refractivity contribution in [2.24, 2.45) is 5.92 Å². The molecule has 17 heavy (non-hydrogen) atoms. The van der Waals surface area contributed by atoms with Crippen LogP contribution in [0, 0.1) is 5.92 Å². The highest BCUT2D eigenvalue weighted by molar-refractivity contribution is 5.94. The van der Waals surface area contributed by atoms with Gasteiger partial charge in [-0.15, -0.1) is 0 Å². The van der Waals surface area contributed by atoms with Crippen LogP contribution in [-0.4, -0.2) is 40.1 Å². The number of pyridine rings is 1. The molecule has 2 rings (SSSR count). The molecule has 0 spiro atoms. The van der Waals surface area contributed by atoms with Crippen LogP contribution >= 0.6 is 0 Å². The number of carbonyl (C=O) groups is 1. The van der Waals surface area contributed by atoms with Gasteiger partial charge in [0.2, 0.25) is 0 Å². The summed E-state index contributed by atoms with van der Waals surface area (Å²) in [4.78, 5) is 28.1. The van der Waals surface area contributed by atoms with Crippen molar-refractivity contribution in [3.05, 3.63) is 34.2 Å². The number of amides is 1. The molecular weight excluding hydrogens is 220 g/mol. The van der Waals surface area contributed by atoms with Crippen LogP contribution in [0.2, 0.25) is 0 Å². The maximum absolute atomic E-state index is 12.2. The van der Waals surface area contributed by atoms with E-state index in [1.807, 2.05) is 6.92 Å². The van der Waals surface area contributed by atoms with Crippen molar-refractivity contribution in [2.45, 2.75) is 19.4 Å². The lowest BCUT2D eigenvalue weighted by Crippen LogP contribution is -2.41. The van der Waals surface area contributed by atoms with Crippen LogP contribution in [0.15, 0.2) is 23.3 Å². The molecule has 0 aromatic carbocycles. The predicted octanol–water partition coefficient (Wildman–Crippen LogP) is 0.218. The van der Waals surface area contributed by atoms with Crippen molar-refractivity contribution >= 4 is 5.91 Å². The molecule has 2 unspecified atom stereocenters. The molecule has 5 heteroatoms. The molecule has 2 N–H and O–H groups in total. The number of hydrogen-bond donors (Lipinski definition) is 2. The molecule has 1 amide bonds. The summed E-state index contributed by atoms with van der Waals surface area (Å²) < 4.78 is 0. The van der Waals surface area contributed by atoms with Gasteiger partial charge in [0.1, 0.15) is 5.56 Å². The Hall–Kier alpha value is -1.62. The molecule has 0 radical (unpaired) electrons. The monoisotopic (exact) mass is 236 g/mol. The number of aliphatic hydroxyl groups excluding tert-OH is 1. The van der Waals surface area contributed by atoms with E-state index in [2.05, 4.69) is 4.98 Å². The van der Waals surface area contributed by atoms with Gasteiger partial charge in [-0.1, -0.05) is 6.92 Å². The molecule has 1 aliphatic heterocycles. The second kappa shape index (κ2) is 4.71. The Labute approximate surface area is 99.1 Å². The lowest BCUT2D eigenvalue weighted by atomic mass is 10.0. The molecule has 1 saturated heterocycles. The summed E-state index contributed by atoms with van der Waals surface area (Å²) in [5, 5.41) is 9.29. The van der Waals surface area contributed by atoms with Crippen LogP contribution in [0.5, 0.6) is 0 Å². The van der Waals surface area contributed by atoms with Crippen molar-refractivity contribution in [3.8, 4) is 0 Å². The minimum atomic E-state index is -0.296. The molecule has 1 aromatic rings. The standard InChI is InChI=1S/C12H16N2O3/c1-8-3-5-14(10(8)7-15)12(17)9-6-13-4-2-11(9)16/h2,4,6,8,10,15H,3,5,7H2,1H3,(H,13,16). The molecule has 2 heterocycles. The fourth-order valence-electron chi connectivity index (χ4n) is 2.28. The number of hydrogen-bond acceptors (Lipinski definition) is 3. The Morgan fingerprint density at radius 3 is 3.06 bits per heavy atom. The Bertz CT molecular complexity index is 469. The Balaban J connectivity index is 2.27. The third-order valence-corrected chi connectivity index (χ3v) is 3.38. The van der Waals surface area contributed by atoms with E-state index in [9.17, 15) is 14.7 Å². The molecular formula is C12H16N2O3. The van der Waals surface area contributed by atoms with E-state index < -0.39 is 0 Å². The van der Waals surface area contributed by atoms with Crippen molar-refractivity contribution < 1.29 is 9.90 Å². The summed E-state index contributed by atoms with van der Waals surface area (Å²) in [5.74, 6) is -0.0259. The van der Waals surface area contributed by atoms with E-state index in [1.54, 1.807) is 4.90 Å². The van der Waals surface area contributed by atoms with Crippen molar-refractivity contribution in [1.82, 2.24) is 9.88 Å². The van der Waals surface area contributed by atoms with E-state index in [0.29, 0.717) is 6.54 Å². The minimum absolute atomic E-state index is 0.0579. The fraction of sp³-hybridized carbons (Fsp3) is 0.500. The summed E-state index contributed by atoms with van der Waals surface area (Å²) in [5.41, 5.74) is -0.148. The highest BCUT2D eigenvalue weighted by Gasteiger charge is 2.34. The maximum atomic E-state index is 12.2. The first-order valence-electron chi connectivity index (χ1n) is 5.74. The summed E-state index contributed by atoms with van der Waals surface area (Å²) in [6, 6.07) is 1.16. The normalized spacial score (nSPS) is 24.0. The smallest absolute Gasteiger partial charge is 0.259 e. The van der Waals surface area contributed by atoms with Gasteiger partial charge in [-0.05, 0) is 12.3 Å². The van der Waals surface area contributed by atoms with Gasteiger partial charge in [0.25, 0.3) is 5.91 Å². The Morgan fingerprint density at radius 2 is 2.41 bits per heavy atom. The number of carbonyl (C=O) groups excluding carboxylic acids is 1. The molecule has 0 bridgehead atoms. The van der Waals surface area contributed by atoms with Crippen molar-refractivity contribution in [3.63, 3.8) is 0 Å². The quantitative estimate of drug-likeness (QED) is 0.771. The zero-order valence-electron chi connectivity index (χ0n) is 9.72. The van der Waals surface area contributed by atoms with Gasteiger partial charge < -0.3 is 15.0 Å². The van der Waals surface area contributed by atoms with Crippen LogP contribution in [-0.2, 0) is 0 Å². The highest BCUT2D eigenvalue weighted by Crippen LogP contribution is 2.24. The van der Waals surface area contributed by atoms with Crippen LogP contribution in [0.3, 0.4) is 0 Å². The summed E-state index contributed by atoms with van der Waals surface area (Å²) in [6.45, 7) is 2.54. The van der Waals surface area contributed by atoms with Crippen molar-refractivity contribution in [2.75, 3.05) is 13.2 Å². The van der Waals surface area contributed by atoms with Crippen LogP contribution < -0.4 is 5.43 Å². The third kappa shape index (κ3) is 2.10. The lowest BCUT2D eigenvalue weighted by Gasteiger charge is -2.24. The summed E-state index contributed by atoms with van der Waals surface area (Å²) >= 11 is 0. The van der Waals surface area contributed by atoms with Crippen LogP contribution in [0.25, 0.3) is 0 Å². The van der Waals surface area contributed by atoms with Gasteiger partial charge in [0, 0.05) is 25.0 Å². The minimum Gasteiger partial charge on any atom is -0.394 e. The molecule has 0 saturated carbocycles. The SMILES string of the molecule is CC1CCN(C(=O)c2c[nH]ccc2=O)C1CO. The van der Waals surface area contributed by atoms with E-state index in [0.717, 1.165) is 6.42 Å². The summed E-state index contributed by atoms with van der Waals surface area (Å²) in [7, 11) is 0. The number of rotatable bonds is 2. The topological polar surface area (TPSA) is 73.4 Å². The molecule has 5 nitrogen and oxygen atoms in total. The number of aliphatic hydroxyl groups is 1. The first-order valence-corrected chi connectivity index (χ1v) is 5.74. The zero-order chi connectivity index (χ0) is 12.4. The van der Waals surface area contributed by atoms with Gasteiger partial charge >= 0.3 is 0 Å². The largest absolute Gasteiger partial charge is 0.394 e. The Kier molecular flexibility index (Phi) is 3.28. The lowest BCUT2D eigenvalue weighted by molar-refractivity contribution is 0.0646. The van der Waals surface area contributed by atoms with Crippen molar-refractivity contribution in [1.29, 1.82) is 0 Å². The van der Waals surface area contributed by atoms with E-state index in [-0.39, 0.29) is 35.5 Å². The molecule has 0 aliphatic carbocycles. The first-order chi connectivity index (χ1) is 8.15. The predicted molar refractivity (Wildman–Crippen MR) is 62.8 cm³/mol. The van der Waals surface area contributed by atoms with Gasteiger partial charge in [0.05, 0.1) is 12.6 Å². The average molecular weight is 236 g/mol. The Morgan fingerprint density at radius 1 is 1.65 bits per heavy atom. The zero-order valence-corrected chi connectivity index (χ0v) is 9.72. The number of aromatic amines is 1. The molecule has 2 atom stereocenters. The first kappa shape index (κ1) is 11.9. The third-order valence-electron chi connectivity index (χ3n) is 3.38. The van der Waals surface area contributed by atoms with Gasteiger partial charge in [0.15, 0.2) is 5.43 Å². The molecule has 1 aliphatic rings. The van der Waals surface area contributed by atoms with E-state index >= 15 is 0 Å². The molecule has 1 aromatic heterocycles. The van der Waals surface area contributed by atoms with Gasteiger partial charge in [-0.3, -0.25) is 9.59 Å². The molecule has 92 valence electrons. The fourth-order valence-corrected chi connectivity index (χ4v) is 2.28. The highest BCUT2D eigenvalue weighted by atomic mass is 16.3. The van der Waals surface area contributed by atoms with Crippen LogP contribution in [0.4, 0.5) is 0 Å². The second-order valence-electron chi connectivity index (χ2n) is 4.44. The number of H-pyrrole nitrogens is 1. The van der Waals surface area contributed by atoms with Gasteiger partial charge in [-0.2, -0.15) is 0 Å². The molecule has 1 fully saturated rings. The second-order valence-corrected chi connectivity index (χ2v) is 4.44. The number of likely N-dealkylation sites (tertiary alicyclic amines) is 1. The summed E-state index contributed by atoms with van der Waals surface area (Å²) in [6.07, 6.45) is 3.78. The number of nitrogens with zero attached hydrogens (tertiary/aromatic N) is 1.